The van der Waals surface area contributed by atoms with Gasteiger partial charge in [0.1, 0.15) is 6.10 Å². The van der Waals surface area contributed by atoms with E-state index in [1.54, 1.807) is 25.2 Å². The molecule has 0 aromatic heterocycles. The number of aliphatic hydroxyl groups is 1. The van der Waals surface area contributed by atoms with Crippen LogP contribution in [0.15, 0.2) is 59.6 Å². The molecule has 0 heterocycles. The Bertz CT molecular complexity index is 716. The van der Waals surface area contributed by atoms with E-state index in [1.807, 2.05) is 37.3 Å². The van der Waals surface area contributed by atoms with Gasteiger partial charge in [0, 0.05) is 19.5 Å². The number of hydrogen-bond acceptors (Lipinski definition) is 3. The van der Waals surface area contributed by atoms with Gasteiger partial charge in [-0.1, -0.05) is 49.4 Å². The molecule has 2 unspecified atom stereocenters. The van der Waals surface area contributed by atoms with E-state index in [9.17, 15) is 9.50 Å². The molecule has 7 heteroatoms. The van der Waals surface area contributed by atoms with Crippen LogP contribution >= 0.6 is 24.0 Å². The van der Waals surface area contributed by atoms with Crippen LogP contribution in [0.3, 0.4) is 0 Å². The Morgan fingerprint density at radius 3 is 2.32 bits per heavy atom. The molecule has 2 atom stereocenters. The Hall–Kier alpha value is -1.87. The van der Waals surface area contributed by atoms with Crippen LogP contribution < -0.4 is 15.4 Å². The lowest BCUT2D eigenvalue weighted by atomic mass is 10.0. The van der Waals surface area contributed by atoms with Crippen molar-refractivity contribution in [2.45, 2.75) is 25.4 Å². The largest absolute Gasteiger partial charge is 0.486 e. The number of ether oxygens (including phenoxy) is 1. The number of rotatable bonds is 9. The van der Waals surface area contributed by atoms with Crippen molar-refractivity contribution in [3.05, 3.63) is 66.0 Å². The average Bonchev–Trinajstić information content (AvgIpc) is 2.71. The van der Waals surface area contributed by atoms with E-state index in [-0.39, 0.29) is 54.2 Å². The summed E-state index contributed by atoms with van der Waals surface area (Å²) in [6, 6.07) is 16.2. The Morgan fingerprint density at radius 1 is 1.07 bits per heavy atom. The van der Waals surface area contributed by atoms with Crippen molar-refractivity contribution in [2.24, 2.45) is 4.99 Å². The van der Waals surface area contributed by atoms with Crippen LogP contribution in [0.4, 0.5) is 4.39 Å². The Balaban J connectivity index is 0.00000392. The molecular weight excluding hydrogens is 472 g/mol. The molecule has 0 saturated heterocycles. The molecule has 0 bridgehead atoms. The molecule has 0 aliphatic heterocycles. The van der Waals surface area contributed by atoms with Gasteiger partial charge in [-0.2, -0.15) is 0 Å². The number of benzene rings is 2. The fourth-order valence-corrected chi connectivity index (χ4v) is 2.65. The van der Waals surface area contributed by atoms with Crippen molar-refractivity contribution >= 4 is 29.9 Å². The second-order valence-electron chi connectivity index (χ2n) is 6.20. The first-order valence-corrected chi connectivity index (χ1v) is 9.19. The highest BCUT2D eigenvalue weighted by Crippen LogP contribution is 2.18. The SMILES string of the molecule is CCC(CNC(=NC)NCC(CO)c1ccccc1)Oc1ccccc1F.I. The number of guanidine groups is 1. The zero-order chi connectivity index (χ0) is 19.5. The first-order chi connectivity index (χ1) is 13.2. The molecule has 0 amide bonds. The molecular formula is C21H29FIN3O2. The van der Waals surface area contributed by atoms with Crippen molar-refractivity contribution in [3.63, 3.8) is 0 Å². The summed E-state index contributed by atoms with van der Waals surface area (Å²) in [5.41, 5.74) is 1.07. The fraction of sp³-hybridized carbons (Fsp3) is 0.381. The maximum absolute atomic E-state index is 13.8. The van der Waals surface area contributed by atoms with Gasteiger partial charge in [-0.25, -0.2) is 4.39 Å². The number of halogens is 2. The third-order valence-electron chi connectivity index (χ3n) is 4.31. The molecule has 154 valence electrons. The average molecular weight is 501 g/mol. The topological polar surface area (TPSA) is 65.9 Å². The minimum absolute atomic E-state index is 0. The van der Waals surface area contributed by atoms with Crippen LogP contribution in [0, 0.1) is 5.82 Å². The van der Waals surface area contributed by atoms with Crippen molar-refractivity contribution in [2.75, 3.05) is 26.7 Å². The number of nitrogens with zero attached hydrogens (tertiary/aromatic N) is 1. The highest BCUT2D eigenvalue weighted by molar-refractivity contribution is 14.0. The number of hydrogen-bond donors (Lipinski definition) is 3. The first kappa shape index (κ1) is 24.2. The number of nitrogens with one attached hydrogen (secondary N) is 2. The summed E-state index contributed by atoms with van der Waals surface area (Å²) in [4.78, 5) is 4.20. The van der Waals surface area contributed by atoms with Gasteiger partial charge >= 0.3 is 0 Å². The lowest BCUT2D eigenvalue weighted by Crippen LogP contribution is -2.44. The zero-order valence-corrected chi connectivity index (χ0v) is 18.6. The van der Waals surface area contributed by atoms with Crippen LogP contribution in [0.5, 0.6) is 5.75 Å². The molecule has 0 fully saturated rings. The summed E-state index contributed by atoms with van der Waals surface area (Å²) in [6.45, 7) is 3.06. The quantitative estimate of drug-likeness (QED) is 0.280. The van der Waals surface area contributed by atoms with Gasteiger partial charge in [-0.3, -0.25) is 4.99 Å². The van der Waals surface area contributed by atoms with E-state index in [1.165, 1.54) is 6.07 Å². The molecule has 2 aromatic rings. The predicted molar refractivity (Wildman–Crippen MR) is 122 cm³/mol. The summed E-state index contributed by atoms with van der Waals surface area (Å²) < 4.78 is 19.5. The molecule has 2 aromatic carbocycles. The van der Waals surface area contributed by atoms with Crippen LogP contribution in [-0.4, -0.2) is 43.9 Å². The van der Waals surface area contributed by atoms with Gasteiger partial charge < -0.3 is 20.5 Å². The van der Waals surface area contributed by atoms with Gasteiger partial charge in [-0.05, 0) is 24.1 Å². The summed E-state index contributed by atoms with van der Waals surface area (Å²) in [6.07, 6.45) is 0.532. The third kappa shape index (κ3) is 7.63. The maximum Gasteiger partial charge on any atom is 0.191 e. The Morgan fingerprint density at radius 2 is 1.71 bits per heavy atom. The van der Waals surface area contributed by atoms with Crippen molar-refractivity contribution < 1.29 is 14.2 Å². The monoisotopic (exact) mass is 501 g/mol. The molecule has 28 heavy (non-hydrogen) atoms. The van der Waals surface area contributed by atoms with E-state index < -0.39 is 0 Å². The van der Waals surface area contributed by atoms with E-state index in [4.69, 9.17) is 4.74 Å². The Kier molecular flexibility index (Phi) is 11.5. The molecule has 0 radical (unpaired) electrons. The maximum atomic E-state index is 13.8. The molecule has 2 rings (SSSR count). The van der Waals surface area contributed by atoms with Gasteiger partial charge in [0.05, 0.1) is 13.2 Å². The molecule has 3 N–H and O–H groups in total. The minimum atomic E-state index is -0.368. The summed E-state index contributed by atoms with van der Waals surface area (Å²) >= 11 is 0. The van der Waals surface area contributed by atoms with Gasteiger partial charge in [-0.15, -0.1) is 24.0 Å². The van der Waals surface area contributed by atoms with Crippen molar-refractivity contribution in [3.8, 4) is 5.75 Å². The third-order valence-corrected chi connectivity index (χ3v) is 4.31. The van der Waals surface area contributed by atoms with E-state index in [0.717, 1.165) is 12.0 Å². The molecule has 0 saturated carbocycles. The molecule has 0 spiro atoms. The standard InChI is InChI=1S/C21H28FN3O2.HI/c1-3-18(27-20-12-8-7-11-19(20)22)14-25-21(23-2)24-13-17(15-26)16-9-5-4-6-10-16;/h4-12,17-18,26H,3,13-15H2,1-2H3,(H2,23,24,25);1H. The normalized spacial score (nSPS) is 13.2. The first-order valence-electron chi connectivity index (χ1n) is 9.19. The highest BCUT2D eigenvalue weighted by Gasteiger charge is 2.14. The van der Waals surface area contributed by atoms with E-state index in [2.05, 4.69) is 15.6 Å². The Labute approximate surface area is 183 Å². The number of para-hydroxylation sites is 1. The predicted octanol–water partition coefficient (Wildman–Crippen LogP) is 3.54. The van der Waals surface area contributed by atoms with E-state index >= 15 is 0 Å². The van der Waals surface area contributed by atoms with Gasteiger partial charge in [0.2, 0.25) is 0 Å². The van der Waals surface area contributed by atoms with Gasteiger partial charge in [0.15, 0.2) is 17.5 Å². The smallest absolute Gasteiger partial charge is 0.191 e. The second-order valence-corrected chi connectivity index (χ2v) is 6.20. The number of aliphatic imine (C=N–C) groups is 1. The van der Waals surface area contributed by atoms with Crippen molar-refractivity contribution in [1.82, 2.24) is 10.6 Å². The van der Waals surface area contributed by atoms with Crippen LogP contribution in [0.25, 0.3) is 0 Å². The number of aliphatic hydroxyl groups excluding tert-OH is 1. The molecule has 0 aliphatic rings. The minimum Gasteiger partial charge on any atom is -0.486 e. The second kappa shape index (κ2) is 13.3. The lowest BCUT2D eigenvalue weighted by Gasteiger charge is -2.21. The van der Waals surface area contributed by atoms with Crippen LogP contribution in [0.2, 0.25) is 0 Å². The summed E-state index contributed by atoms with van der Waals surface area (Å²) in [7, 11) is 1.68. The van der Waals surface area contributed by atoms with Crippen LogP contribution in [0.1, 0.15) is 24.8 Å². The van der Waals surface area contributed by atoms with Crippen LogP contribution in [-0.2, 0) is 0 Å². The zero-order valence-electron chi connectivity index (χ0n) is 16.3. The fourth-order valence-electron chi connectivity index (χ4n) is 2.65. The molecule has 5 nitrogen and oxygen atoms in total. The lowest BCUT2D eigenvalue weighted by molar-refractivity contribution is 0.191. The van der Waals surface area contributed by atoms with Gasteiger partial charge in [0.25, 0.3) is 0 Å². The molecule has 0 aliphatic carbocycles. The summed E-state index contributed by atoms with van der Waals surface area (Å²) in [5, 5.41) is 16.1. The van der Waals surface area contributed by atoms with Crippen molar-refractivity contribution in [1.29, 1.82) is 0 Å². The van der Waals surface area contributed by atoms with E-state index in [0.29, 0.717) is 19.0 Å². The summed E-state index contributed by atoms with van der Waals surface area (Å²) in [5.74, 6) is 0.465. The highest BCUT2D eigenvalue weighted by atomic mass is 127.